The van der Waals surface area contributed by atoms with Crippen LogP contribution < -0.4 is 16.4 Å². The lowest BCUT2D eigenvalue weighted by Gasteiger charge is -2.16. The zero-order valence-electron chi connectivity index (χ0n) is 15.5. The van der Waals surface area contributed by atoms with Gasteiger partial charge in [-0.05, 0) is 24.1 Å². The van der Waals surface area contributed by atoms with Crippen molar-refractivity contribution in [1.29, 1.82) is 0 Å². The number of nitrogens with two attached hydrogens (primary N) is 1. The molecule has 0 aliphatic rings. The average molecular weight is 403 g/mol. The van der Waals surface area contributed by atoms with Crippen molar-refractivity contribution in [3.63, 3.8) is 0 Å². The minimum Gasteiger partial charge on any atom is -0.368 e. The van der Waals surface area contributed by atoms with Crippen LogP contribution >= 0.6 is 11.6 Å². The van der Waals surface area contributed by atoms with Gasteiger partial charge < -0.3 is 16.4 Å². The van der Waals surface area contributed by atoms with Crippen LogP contribution in [0.3, 0.4) is 0 Å². The smallest absolute Gasteiger partial charge is 0.240 e. The van der Waals surface area contributed by atoms with E-state index in [2.05, 4.69) is 15.6 Å². The normalized spacial score (nSPS) is 12.6. The van der Waals surface area contributed by atoms with E-state index in [1.54, 1.807) is 12.1 Å². The molecule has 0 aliphatic heterocycles. The van der Waals surface area contributed by atoms with Crippen LogP contribution in [-0.4, -0.2) is 28.7 Å². The second kappa shape index (κ2) is 10.4. The molecule has 0 aliphatic carbocycles. The van der Waals surface area contributed by atoms with Gasteiger partial charge >= 0.3 is 0 Å². The molecule has 1 aromatic carbocycles. The Balaban J connectivity index is 1.81. The first-order valence-corrected chi connectivity index (χ1v) is 9.26. The van der Waals surface area contributed by atoms with Crippen molar-refractivity contribution in [1.82, 2.24) is 15.6 Å². The van der Waals surface area contributed by atoms with E-state index >= 15 is 0 Å². The molecule has 0 saturated heterocycles. The van der Waals surface area contributed by atoms with Gasteiger partial charge in [-0.25, -0.2) is 4.98 Å². The summed E-state index contributed by atoms with van der Waals surface area (Å²) < 4.78 is 0. The number of benzene rings is 1. The highest BCUT2D eigenvalue weighted by Gasteiger charge is 2.19. The van der Waals surface area contributed by atoms with E-state index in [1.807, 2.05) is 37.3 Å². The lowest BCUT2D eigenvalue weighted by molar-refractivity contribution is -0.129. The van der Waals surface area contributed by atoms with Crippen LogP contribution in [0.4, 0.5) is 0 Å². The summed E-state index contributed by atoms with van der Waals surface area (Å²) in [5.74, 6) is -1.33. The molecule has 7 nitrogen and oxygen atoms in total. The zero-order valence-corrected chi connectivity index (χ0v) is 16.3. The summed E-state index contributed by atoms with van der Waals surface area (Å²) in [5, 5.41) is 5.74. The van der Waals surface area contributed by atoms with Crippen molar-refractivity contribution in [2.75, 3.05) is 0 Å². The van der Waals surface area contributed by atoms with Gasteiger partial charge in [-0.3, -0.25) is 14.4 Å². The van der Waals surface area contributed by atoms with Crippen molar-refractivity contribution in [2.24, 2.45) is 5.73 Å². The van der Waals surface area contributed by atoms with E-state index in [1.165, 1.54) is 6.20 Å². The highest BCUT2D eigenvalue weighted by atomic mass is 35.5. The molecule has 3 amide bonds. The third kappa shape index (κ3) is 7.00. The summed E-state index contributed by atoms with van der Waals surface area (Å²) in [7, 11) is 0. The van der Waals surface area contributed by atoms with Gasteiger partial charge in [0.05, 0.1) is 6.04 Å². The minimum absolute atomic E-state index is 0.0109. The van der Waals surface area contributed by atoms with Crippen LogP contribution in [0.1, 0.15) is 36.9 Å². The standard InChI is InChI=1S/C20H23ClN4O3/c1-13(15-5-3-2-4-6-15)24-18(26)9-10-19(27)25-16(20(22)28)11-14-7-8-17(21)23-12-14/h2-8,12-13,16H,9-11H2,1H3,(H2,22,28)(H,24,26)(H,25,27)/t13-,16-/m1/s1. The Morgan fingerprint density at radius 2 is 1.68 bits per heavy atom. The molecule has 2 aromatic rings. The Hall–Kier alpha value is -2.93. The number of primary amides is 1. The van der Waals surface area contributed by atoms with E-state index in [4.69, 9.17) is 17.3 Å². The molecule has 1 aromatic heterocycles. The first kappa shape index (κ1) is 21.4. The van der Waals surface area contributed by atoms with Crippen molar-refractivity contribution >= 4 is 29.3 Å². The van der Waals surface area contributed by atoms with Gasteiger partial charge in [-0.2, -0.15) is 0 Å². The van der Waals surface area contributed by atoms with Crippen LogP contribution in [0.15, 0.2) is 48.7 Å². The van der Waals surface area contributed by atoms with E-state index < -0.39 is 17.9 Å². The maximum Gasteiger partial charge on any atom is 0.240 e. The predicted molar refractivity (Wildman–Crippen MR) is 106 cm³/mol. The second-order valence-electron chi connectivity index (χ2n) is 6.42. The number of amides is 3. The number of nitrogens with zero attached hydrogens (tertiary/aromatic N) is 1. The molecule has 2 atom stereocenters. The Morgan fingerprint density at radius 3 is 2.25 bits per heavy atom. The number of rotatable bonds is 9. The maximum atomic E-state index is 12.1. The van der Waals surface area contributed by atoms with Gasteiger partial charge in [0.25, 0.3) is 0 Å². The average Bonchev–Trinajstić information content (AvgIpc) is 2.68. The Kier molecular flexibility index (Phi) is 7.95. The lowest BCUT2D eigenvalue weighted by Crippen LogP contribution is -2.46. The van der Waals surface area contributed by atoms with E-state index in [0.29, 0.717) is 10.7 Å². The number of pyridine rings is 1. The quantitative estimate of drug-likeness (QED) is 0.556. The molecule has 1 heterocycles. The molecule has 148 valence electrons. The zero-order chi connectivity index (χ0) is 20.5. The second-order valence-corrected chi connectivity index (χ2v) is 6.80. The van der Waals surface area contributed by atoms with Crippen LogP contribution in [0.2, 0.25) is 5.15 Å². The Bertz CT molecular complexity index is 812. The van der Waals surface area contributed by atoms with Crippen LogP contribution in [0.5, 0.6) is 0 Å². The molecule has 0 saturated carbocycles. The number of hydrogen-bond acceptors (Lipinski definition) is 4. The van der Waals surface area contributed by atoms with Gasteiger partial charge in [0.1, 0.15) is 11.2 Å². The number of nitrogens with one attached hydrogen (secondary N) is 2. The molecular formula is C20H23ClN4O3. The number of halogens is 1. The van der Waals surface area contributed by atoms with Crippen molar-refractivity contribution < 1.29 is 14.4 Å². The monoisotopic (exact) mass is 402 g/mol. The van der Waals surface area contributed by atoms with Gasteiger partial charge in [-0.15, -0.1) is 0 Å². The van der Waals surface area contributed by atoms with Crippen LogP contribution in [-0.2, 0) is 20.8 Å². The van der Waals surface area contributed by atoms with Crippen LogP contribution in [0.25, 0.3) is 0 Å². The highest BCUT2D eigenvalue weighted by molar-refractivity contribution is 6.29. The third-order valence-electron chi connectivity index (χ3n) is 4.16. The molecule has 0 bridgehead atoms. The first-order valence-electron chi connectivity index (χ1n) is 8.88. The van der Waals surface area contributed by atoms with Crippen molar-refractivity contribution in [2.45, 2.75) is 38.3 Å². The maximum absolute atomic E-state index is 12.1. The van der Waals surface area contributed by atoms with Gasteiger partial charge in [0.2, 0.25) is 17.7 Å². The summed E-state index contributed by atoms with van der Waals surface area (Å²) >= 11 is 5.73. The largest absolute Gasteiger partial charge is 0.368 e. The number of carbonyl (C=O) groups excluding carboxylic acids is 3. The molecule has 28 heavy (non-hydrogen) atoms. The van der Waals surface area contributed by atoms with Crippen LogP contribution in [0, 0.1) is 0 Å². The van der Waals surface area contributed by atoms with Gasteiger partial charge in [0, 0.05) is 25.5 Å². The highest BCUT2D eigenvalue weighted by Crippen LogP contribution is 2.11. The Labute approximate surface area is 168 Å². The van der Waals surface area contributed by atoms with E-state index in [0.717, 1.165) is 5.56 Å². The SMILES string of the molecule is C[C@@H](NC(=O)CCC(=O)N[C@H](Cc1ccc(Cl)nc1)C(N)=O)c1ccccc1. The molecule has 0 radical (unpaired) electrons. The fourth-order valence-corrected chi connectivity index (χ4v) is 2.73. The molecular weight excluding hydrogens is 380 g/mol. The lowest BCUT2D eigenvalue weighted by atomic mass is 10.1. The summed E-state index contributed by atoms with van der Waals surface area (Å²) in [6.07, 6.45) is 1.68. The Morgan fingerprint density at radius 1 is 1.04 bits per heavy atom. The summed E-state index contributed by atoms with van der Waals surface area (Å²) in [6, 6.07) is 11.8. The summed E-state index contributed by atoms with van der Waals surface area (Å²) in [6.45, 7) is 1.87. The fourth-order valence-electron chi connectivity index (χ4n) is 2.62. The molecule has 0 fully saturated rings. The predicted octanol–water partition coefficient (Wildman–Crippen LogP) is 1.91. The molecule has 0 spiro atoms. The molecule has 8 heteroatoms. The van der Waals surface area contributed by atoms with Gasteiger partial charge in [-0.1, -0.05) is 48.0 Å². The number of hydrogen-bond donors (Lipinski definition) is 3. The summed E-state index contributed by atoms with van der Waals surface area (Å²) in [4.78, 5) is 39.8. The minimum atomic E-state index is -0.887. The van der Waals surface area contributed by atoms with Gasteiger partial charge in [0.15, 0.2) is 0 Å². The number of carbonyl (C=O) groups is 3. The van der Waals surface area contributed by atoms with E-state index in [-0.39, 0.29) is 31.2 Å². The third-order valence-corrected chi connectivity index (χ3v) is 4.39. The molecule has 2 rings (SSSR count). The van der Waals surface area contributed by atoms with Crippen molar-refractivity contribution in [3.8, 4) is 0 Å². The summed E-state index contributed by atoms with van der Waals surface area (Å²) in [5.41, 5.74) is 7.06. The van der Waals surface area contributed by atoms with E-state index in [9.17, 15) is 14.4 Å². The fraction of sp³-hybridized carbons (Fsp3) is 0.300. The molecule has 4 N–H and O–H groups in total. The topological polar surface area (TPSA) is 114 Å². The first-order chi connectivity index (χ1) is 13.3. The molecule has 0 unspecified atom stereocenters. The van der Waals surface area contributed by atoms with Crippen molar-refractivity contribution in [3.05, 3.63) is 64.9 Å². The number of aromatic nitrogens is 1.